The Morgan fingerprint density at radius 1 is 1.24 bits per heavy atom. The van der Waals surface area contributed by atoms with Gasteiger partial charge in [-0.25, -0.2) is 0 Å². The molecule has 118 valence electrons. The van der Waals surface area contributed by atoms with Crippen LogP contribution in [0.25, 0.3) is 0 Å². The zero-order chi connectivity index (χ0) is 15.8. The van der Waals surface area contributed by atoms with E-state index in [9.17, 15) is 4.79 Å². The quantitative estimate of drug-likeness (QED) is 0.797. The highest BCUT2D eigenvalue weighted by Crippen LogP contribution is 2.27. The van der Waals surface area contributed by atoms with Gasteiger partial charge in [-0.1, -0.05) is 19.9 Å². The molecule has 1 aromatic rings. The second-order valence-electron chi connectivity index (χ2n) is 5.30. The number of hydrogen-bond acceptors (Lipinski definition) is 4. The molecule has 0 bridgehead atoms. The van der Waals surface area contributed by atoms with E-state index in [-0.39, 0.29) is 5.91 Å². The SMILES string of the molecule is COc1ccc(CN(C)C(=O)CCNC(C)C)cc1OC. The third-order valence-corrected chi connectivity index (χ3v) is 3.18. The van der Waals surface area contributed by atoms with Gasteiger partial charge in [0.1, 0.15) is 0 Å². The highest BCUT2D eigenvalue weighted by atomic mass is 16.5. The van der Waals surface area contributed by atoms with E-state index in [0.717, 1.165) is 5.56 Å². The summed E-state index contributed by atoms with van der Waals surface area (Å²) in [6.45, 7) is 5.39. The summed E-state index contributed by atoms with van der Waals surface area (Å²) in [6, 6.07) is 6.09. The molecule has 0 aromatic heterocycles. The van der Waals surface area contributed by atoms with Crippen molar-refractivity contribution in [2.75, 3.05) is 27.8 Å². The van der Waals surface area contributed by atoms with Crippen LogP contribution < -0.4 is 14.8 Å². The third kappa shape index (κ3) is 5.63. The monoisotopic (exact) mass is 294 g/mol. The van der Waals surface area contributed by atoms with Crippen LogP contribution in [0.3, 0.4) is 0 Å². The van der Waals surface area contributed by atoms with E-state index in [1.807, 2.05) is 25.2 Å². The molecule has 1 rings (SSSR count). The summed E-state index contributed by atoms with van der Waals surface area (Å²) in [5.74, 6) is 1.49. The molecular weight excluding hydrogens is 268 g/mol. The number of hydrogen-bond donors (Lipinski definition) is 1. The number of carbonyl (C=O) groups excluding carboxylic acids is 1. The molecule has 0 fully saturated rings. The molecule has 0 heterocycles. The van der Waals surface area contributed by atoms with Crippen LogP contribution in [0.15, 0.2) is 18.2 Å². The lowest BCUT2D eigenvalue weighted by Crippen LogP contribution is -2.31. The van der Waals surface area contributed by atoms with Crippen LogP contribution in [0.1, 0.15) is 25.8 Å². The molecule has 0 spiro atoms. The van der Waals surface area contributed by atoms with Crippen molar-refractivity contribution in [3.8, 4) is 11.5 Å². The molecule has 1 N–H and O–H groups in total. The fourth-order valence-electron chi connectivity index (χ4n) is 2.00. The van der Waals surface area contributed by atoms with Gasteiger partial charge in [-0.2, -0.15) is 0 Å². The van der Waals surface area contributed by atoms with Crippen LogP contribution in [0, 0.1) is 0 Å². The fourth-order valence-corrected chi connectivity index (χ4v) is 2.00. The summed E-state index contributed by atoms with van der Waals surface area (Å²) >= 11 is 0. The maximum Gasteiger partial charge on any atom is 0.223 e. The second-order valence-corrected chi connectivity index (χ2v) is 5.30. The molecule has 5 nitrogen and oxygen atoms in total. The summed E-state index contributed by atoms with van der Waals surface area (Å²) in [6.07, 6.45) is 0.502. The Balaban J connectivity index is 2.57. The molecule has 0 aliphatic heterocycles. The van der Waals surface area contributed by atoms with E-state index < -0.39 is 0 Å². The summed E-state index contributed by atoms with van der Waals surface area (Å²) in [5, 5.41) is 3.24. The third-order valence-electron chi connectivity index (χ3n) is 3.18. The minimum atomic E-state index is 0.123. The Labute approximate surface area is 127 Å². The fraction of sp³-hybridized carbons (Fsp3) is 0.562. The van der Waals surface area contributed by atoms with Gasteiger partial charge < -0.3 is 19.7 Å². The number of rotatable bonds is 8. The van der Waals surface area contributed by atoms with Crippen LogP contribution in [0.2, 0.25) is 0 Å². The van der Waals surface area contributed by atoms with Gasteiger partial charge in [-0.05, 0) is 17.7 Å². The molecule has 0 radical (unpaired) electrons. The molecule has 5 heteroatoms. The van der Waals surface area contributed by atoms with E-state index in [0.29, 0.717) is 37.1 Å². The van der Waals surface area contributed by atoms with Crippen LogP contribution in [-0.2, 0) is 11.3 Å². The number of nitrogens with zero attached hydrogens (tertiary/aromatic N) is 1. The van der Waals surface area contributed by atoms with Crippen molar-refractivity contribution in [3.05, 3.63) is 23.8 Å². The standard InChI is InChI=1S/C16H26N2O3/c1-12(2)17-9-8-16(19)18(3)11-13-6-7-14(20-4)15(10-13)21-5/h6-7,10,12,17H,8-9,11H2,1-5H3. The van der Waals surface area contributed by atoms with Crippen LogP contribution in [-0.4, -0.2) is 44.7 Å². The summed E-state index contributed by atoms with van der Waals surface area (Å²) in [7, 11) is 5.03. The van der Waals surface area contributed by atoms with Crippen molar-refractivity contribution in [2.45, 2.75) is 32.9 Å². The topological polar surface area (TPSA) is 50.8 Å². The van der Waals surface area contributed by atoms with Crippen LogP contribution >= 0.6 is 0 Å². The van der Waals surface area contributed by atoms with E-state index in [2.05, 4.69) is 19.2 Å². The largest absolute Gasteiger partial charge is 0.493 e. The predicted molar refractivity (Wildman–Crippen MR) is 83.8 cm³/mol. The Morgan fingerprint density at radius 2 is 1.90 bits per heavy atom. The van der Waals surface area contributed by atoms with Gasteiger partial charge in [0, 0.05) is 32.6 Å². The van der Waals surface area contributed by atoms with Crippen molar-refractivity contribution < 1.29 is 14.3 Å². The number of amides is 1. The molecular formula is C16H26N2O3. The smallest absolute Gasteiger partial charge is 0.223 e. The Morgan fingerprint density at radius 3 is 2.48 bits per heavy atom. The average Bonchev–Trinajstić information content (AvgIpc) is 2.46. The summed E-state index contributed by atoms with van der Waals surface area (Å²) < 4.78 is 10.5. The minimum Gasteiger partial charge on any atom is -0.493 e. The molecule has 0 saturated heterocycles. The number of carbonyl (C=O) groups is 1. The number of nitrogens with one attached hydrogen (secondary N) is 1. The van der Waals surface area contributed by atoms with Crippen molar-refractivity contribution in [2.24, 2.45) is 0 Å². The first-order valence-corrected chi connectivity index (χ1v) is 7.16. The second kappa shape index (κ2) is 8.52. The highest BCUT2D eigenvalue weighted by Gasteiger charge is 2.11. The van der Waals surface area contributed by atoms with Gasteiger partial charge in [-0.15, -0.1) is 0 Å². The molecule has 21 heavy (non-hydrogen) atoms. The molecule has 0 aliphatic rings. The lowest BCUT2D eigenvalue weighted by Gasteiger charge is -2.19. The maximum atomic E-state index is 12.0. The molecule has 1 amide bonds. The van der Waals surface area contributed by atoms with E-state index in [1.165, 1.54) is 0 Å². The first kappa shape index (κ1) is 17.3. The average molecular weight is 294 g/mol. The maximum absolute atomic E-state index is 12.0. The van der Waals surface area contributed by atoms with Gasteiger partial charge in [0.15, 0.2) is 11.5 Å². The van der Waals surface area contributed by atoms with E-state index in [4.69, 9.17) is 9.47 Å². The van der Waals surface area contributed by atoms with Gasteiger partial charge in [0.25, 0.3) is 0 Å². The van der Waals surface area contributed by atoms with Crippen LogP contribution in [0.4, 0.5) is 0 Å². The normalized spacial score (nSPS) is 10.6. The summed E-state index contributed by atoms with van der Waals surface area (Å²) in [5.41, 5.74) is 1.01. The number of methoxy groups -OCH3 is 2. The molecule has 0 atom stereocenters. The van der Waals surface area contributed by atoms with Gasteiger partial charge in [-0.3, -0.25) is 4.79 Å². The van der Waals surface area contributed by atoms with Crippen molar-refractivity contribution in [1.29, 1.82) is 0 Å². The van der Waals surface area contributed by atoms with Gasteiger partial charge in [0.05, 0.1) is 14.2 Å². The first-order valence-electron chi connectivity index (χ1n) is 7.16. The van der Waals surface area contributed by atoms with Crippen molar-refractivity contribution in [3.63, 3.8) is 0 Å². The van der Waals surface area contributed by atoms with Crippen molar-refractivity contribution in [1.82, 2.24) is 10.2 Å². The lowest BCUT2D eigenvalue weighted by molar-refractivity contribution is -0.130. The van der Waals surface area contributed by atoms with E-state index >= 15 is 0 Å². The number of ether oxygens (including phenoxy) is 2. The molecule has 1 aromatic carbocycles. The van der Waals surface area contributed by atoms with E-state index in [1.54, 1.807) is 19.1 Å². The lowest BCUT2D eigenvalue weighted by atomic mass is 10.2. The summed E-state index contributed by atoms with van der Waals surface area (Å²) in [4.78, 5) is 13.8. The Hall–Kier alpha value is -1.75. The first-order chi connectivity index (χ1) is 9.97. The Bertz CT molecular complexity index is 461. The number of benzene rings is 1. The Kier molecular flexibility index (Phi) is 7.02. The van der Waals surface area contributed by atoms with Crippen molar-refractivity contribution >= 4 is 5.91 Å². The zero-order valence-corrected chi connectivity index (χ0v) is 13.6. The predicted octanol–water partition coefficient (Wildman–Crippen LogP) is 2.05. The highest BCUT2D eigenvalue weighted by molar-refractivity contribution is 5.76. The molecule has 0 saturated carbocycles. The van der Waals surface area contributed by atoms with Crippen LogP contribution in [0.5, 0.6) is 11.5 Å². The van der Waals surface area contributed by atoms with Gasteiger partial charge >= 0.3 is 0 Å². The molecule has 0 aliphatic carbocycles. The van der Waals surface area contributed by atoms with Gasteiger partial charge in [0.2, 0.25) is 5.91 Å². The minimum absolute atomic E-state index is 0.123. The molecule has 0 unspecified atom stereocenters. The zero-order valence-electron chi connectivity index (χ0n) is 13.6.